The van der Waals surface area contributed by atoms with Crippen LogP contribution in [0.2, 0.25) is 0 Å². The normalized spacial score (nSPS) is 14.5. The fourth-order valence-corrected chi connectivity index (χ4v) is 3.00. The van der Waals surface area contributed by atoms with Crippen molar-refractivity contribution in [2.45, 2.75) is 26.2 Å². The van der Waals surface area contributed by atoms with E-state index >= 15 is 0 Å². The van der Waals surface area contributed by atoms with Crippen LogP contribution in [-0.4, -0.2) is 9.97 Å². The average Bonchev–Trinajstić information content (AvgIpc) is 2.69. The van der Waals surface area contributed by atoms with Crippen molar-refractivity contribution in [2.75, 3.05) is 0 Å². The number of nitrogens with zero attached hydrogens (tertiary/aromatic N) is 2. The molecule has 1 aromatic heterocycles. The summed E-state index contributed by atoms with van der Waals surface area (Å²) in [4.78, 5) is 8.80. The van der Waals surface area contributed by atoms with E-state index in [1.165, 1.54) is 28.4 Å². The van der Waals surface area contributed by atoms with Gasteiger partial charge in [0.1, 0.15) is 5.82 Å². The Morgan fingerprint density at radius 3 is 2.93 bits per heavy atom. The molecule has 15 heavy (non-hydrogen) atoms. The lowest BCUT2D eigenvalue weighted by Crippen LogP contribution is -1.94. The van der Waals surface area contributed by atoms with Crippen molar-refractivity contribution in [3.8, 4) is 0 Å². The lowest BCUT2D eigenvalue weighted by molar-refractivity contribution is 0.911. The molecule has 2 nitrogen and oxygen atoms in total. The van der Waals surface area contributed by atoms with Crippen LogP contribution in [0.15, 0.2) is 16.7 Å². The minimum Gasteiger partial charge on any atom is -0.241 e. The van der Waals surface area contributed by atoms with Crippen molar-refractivity contribution in [1.29, 1.82) is 0 Å². The number of aromatic nitrogens is 2. The smallest absolute Gasteiger partial charge is 0.125 e. The predicted molar refractivity (Wildman–Crippen MR) is 64.0 cm³/mol. The van der Waals surface area contributed by atoms with Crippen molar-refractivity contribution in [2.24, 2.45) is 0 Å². The van der Waals surface area contributed by atoms with Crippen LogP contribution in [0.4, 0.5) is 0 Å². The summed E-state index contributed by atoms with van der Waals surface area (Å²) in [7, 11) is 0. The number of fused-ring (bicyclic) bond motifs is 3. The first-order valence-electron chi connectivity index (χ1n) is 5.19. The van der Waals surface area contributed by atoms with E-state index in [0.29, 0.717) is 0 Å². The summed E-state index contributed by atoms with van der Waals surface area (Å²) in [5, 5.41) is 1.15. The number of aryl methyl sites for hydroxylation is 2. The van der Waals surface area contributed by atoms with E-state index < -0.39 is 0 Å². The molecule has 0 saturated carbocycles. The standard InChI is InChI=1S/C12H11BrN2/c1-7-14-6-8-5-11(13)9-3-2-4-10(9)12(8)15-7/h5-6H,2-4H2,1H3. The molecule has 0 aliphatic heterocycles. The van der Waals surface area contributed by atoms with Gasteiger partial charge in [0.05, 0.1) is 5.52 Å². The van der Waals surface area contributed by atoms with Crippen LogP contribution in [0.3, 0.4) is 0 Å². The Morgan fingerprint density at radius 2 is 2.07 bits per heavy atom. The maximum atomic E-state index is 4.56. The summed E-state index contributed by atoms with van der Waals surface area (Å²) in [6.07, 6.45) is 5.49. The minimum absolute atomic E-state index is 0.860. The highest BCUT2D eigenvalue weighted by atomic mass is 79.9. The van der Waals surface area contributed by atoms with E-state index in [1.807, 2.05) is 13.1 Å². The molecule has 1 aliphatic rings. The molecular weight excluding hydrogens is 252 g/mol. The lowest BCUT2D eigenvalue weighted by atomic mass is 10.1. The molecule has 0 amide bonds. The topological polar surface area (TPSA) is 25.8 Å². The van der Waals surface area contributed by atoms with Crippen LogP contribution < -0.4 is 0 Å². The van der Waals surface area contributed by atoms with Gasteiger partial charge in [-0.3, -0.25) is 0 Å². The van der Waals surface area contributed by atoms with Gasteiger partial charge in [0.2, 0.25) is 0 Å². The zero-order valence-electron chi connectivity index (χ0n) is 8.55. The molecule has 3 heteroatoms. The van der Waals surface area contributed by atoms with Gasteiger partial charge in [0.25, 0.3) is 0 Å². The summed E-state index contributed by atoms with van der Waals surface area (Å²) in [5.74, 6) is 0.860. The molecule has 0 N–H and O–H groups in total. The molecule has 0 radical (unpaired) electrons. The third kappa shape index (κ3) is 1.37. The molecule has 0 spiro atoms. The van der Waals surface area contributed by atoms with Gasteiger partial charge in [-0.25, -0.2) is 9.97 Å². The third-order valence-electron chi connectivity index (χ3n) is 3.01. The van der Waals surface area contributed by atoms with Gasteiger partial charge >= 0.3 is 0 Å². The molecular formula is C12H11BrN2. The molecule has 0 unspecified atom stereocenters. The SMILES string of the molecule is Cc1ncc2cc(Br)c3c(c2n1)CCC3. The van der Waals surface area contributed by atoms with E-state index in [9.17, 15) is 0 Å². The Bertz CT molecular complexity index is 549. The Kier molecular flexibility index (Phi) is 2.02. The van der Waals surface area contributed by atoms with E-state index in [4.69, 9.17) is 0 Å². The highest BCUT2D eigenvalue weighted by molar-refractivity contribution is 9.10. The van der Waals surface area contributed by atoms with Gasteiger partial charge in [-0.15, -0.1) is 0 Å². The van der Waals surface area contributed by atoms with Crippen LogP contribution >= 0.6 is 15.9 Å². The minimum atomic E-state index is 0.860. The number of hydrogen-bond donors (Lipinski definition) is 0. The summed E-state index contributed by atoms with van der Waals surface area (Å²) in [6.45, 7) is 1.95. The van der Waals surface area contributed by atoms with Gasteiger partial charge in [-0.2, -0.15) is 0 Å². The van der Waals surface area contributed by atoms with Gasteiger partial charge in [0, 0.05) is 16.1 Å². The first-order valence-corrected chi connectivity index (χ1v) is 5.98. The van der Waals surface area contributed by atoms with Crippen molar-refractivity contribution >= 4 is 26.8 Å². The van der Waals surface area contributed by atoms with E-state index in [1.54, 1.807) is 0 Å². The van der Waals surface area contributed by atoms with Gasteiger partial charge in [-0.1, -0.05) is 15.9 Å². The molecule has 3 rings (SSSR count). The lowest BCUT2D eigenvalue weighted by Gasteiger charge is -2.07. The second kappa shape index (κ2) is 3.27. The molecule has 2 aromatic rings. The second-order valence-corrected chi connectivity index (χ2v) is 4.88. The van der Waals surface area contributed by atoms with Crippen molar-refractivity contribution in [3.63, 3.8) is 0 Å². The van der Waals surface area contributed by atoms with E-state index in [0.717, 1.165) is 23.1 Å². The summed E-state index contributed by atoms with van der Waals surface area (Å²) < 4.78 is 1.22. The van der Waals surface area contributed by atoms with Crippen molar-refractivity contribution < 1.29 is 0 Å². The molecule has 76 valence electrons. The fourth-order valence-electron chi connectivity index (χ4n) is 2.32. The van der Waals surface area contributed by atoms with Crippen LogP contribution in [-0.2, 0) is 12.8 Å². The molecule has 0 fully saturated rings. The Hall–Kier alpha value is -0.960. The Morgan fingerprint density at radius 1 is 1.27 bits per heavy atom. The Balaban J connectivity index is 2.44. The van der Waals surface area contributed by atoms with Gasteiger partial charge in [-0.05, 0) is 43.4 Å². The molecule has 0 bridgehead atoms. The Labute approximate surface area is 96.9 Å². The van der Waals surface area contributed by atoms with Crippen molar-refractivity contribution in [3.05, 3.63) is 33.7 Å². The zero-order chi connectivity index (χ0) is 10.4. The quantitative estimate of drug-likeness (QED) is 0.729. The summed E-state index contributed by atoms with van der Waals surface area (Å²) in [5.41, 5.74) is 4.02. The average molecular weight is 263 g/mol. The monoisotopic (exact) mass is 262 g/mol. The second-order valence-electron chi connectivity index (χ2n) is 4.02. The first-order chi connectivity index (χ1) is 7.25. The predicted octanol–water partition coefficient (Wildman–Crippen LogP) is 3.19. The largest absolute Gasteiger partial charge is 0.241 e. The third-order valence-corrected chi connectivity index (χ3v) is 3.72. The van der Waals surface area contributed by atoms with Crippen LogP contribution in [0.25, 0.3) is 10.9 Å². The molecule has 1 aromatic carbocycles. The molecule has 0 atom stereocenters. The number of benzene rings is 1. The summed E-state index contributed by atoms with van der Waals surface area (Å²) >= 11 is 3.63. The highest BCUT2D eigenvalue weighted by Crippen LogP contribution is 2.34. The number of rotatable bonds is 0. The maximum Gasteiger partial charge on any atom is 0.125 e. The number of hydrogen-bond acceptors (Lipinski definition) is 2. The van der Waals surface area contributed by atoms with Crippen LogP contribution in [0.1, 0.15) is 23.4 Å². The number of halogens is 1. The van der Waals surface area contributed by atoms with Crippen molar-refractivity contribution in [1.82, 2.24) is 9.97 Å². The maximum absolute atomic E-state index is 4.56. The summed E-state index contributed by atoms with van der Waals surface area (Å²) in [6, 6.07) is 2.14. The van der Waals surface area contributed by atoms with Crippen LogP contribution in [0, 0.1) is 6.92 Å². The van der Waals surface area contributed by atoms with Crippen LogP contribution in [0.5, 0.6) is 0 Å². The van der Waals surface area contributed by atoms with E-state index in [2.05, 4.69) is 32.0 Å². The first kappa shape index (κ1) is 9.28. The fraction of sp³-hybridized carbons (Fsp3) is 0.333. The molecule has 1 aliphatic carbocycles. The molecule has 0 saturated heterocycles. The molecule has 1 heterocycles. The van der Waals surface area contributed by atoms with Gasteiger partial charge in [0.15, 0.2) is 0 Å². The highest BCUT2D eigenvalue weighted by Gasteiger charge is 2.18. The van der Waals surface area contributed by atoms with E-state index in [-0.39, 0.29) is 0 Å². The van der Waals surface area contributed by atoms with Gasteiger partial charge < -0.3 is 0 Å². The zero-order valence-corrected chi connectivity index (χ0v) is 10.1.